The molecule has 0 amide bonds. The van der Waals surface area contributed by atoms with Gasteiger partial charge in [0.05, 0.1) is 0 Å². The maximum Gasteiger partial charge on any atom is 0.325 e. The third-order valence-electron chi connectivity index (χ3n) is 4.68. The summed E-state index contributed by atoms with van der Waals surface area (Å²) in [4.78, 5) is 16.5. The fourth-order valence-corrected chi connectivity index (χ4v) is 3.59. The summed E-state index contributed by atoms with van der Waals surface area (Å²) in [5.41, 5.74) is -0.732. The summed E-state index contributed by atoms with van der Waals surface area (Å²) in [5, 5.41) is 13.1. The molecule has 0 aromatic carbocycles. The summed E-state index contributed by atoms with van der Waals surface area (Å²) in [5.74, 6) is -0.363. The van der Waals surface area contributed by atoms with E-state index in [0.29, 0.717) is 18.5 Å². The molecule has 5 heteroatoms. The van der Waals surface area contributed by atoms with Crippen LogP contribution in [0.2, 0.25) is 0 Å². The third kappa shape index (κ3) is 3.32. The second-order valence-corrected chi connectivity index (χ2v) is 6.61. The van der Waals surface area contributed by atoms with Crippen LogP contribution in [0, 0.1) is 5.92 Å². The summed E-state index contributed by atoms with van der Waals surface area (Å²) in [7, 11) is 4.18. The van der Waals surface area contributed by atoms with Gasteiger partial charge in [0.15, 0.2) is 0 Å². The van der Waals surface area contributed by atoms with Crippen LogP contribution in [0.25, 0.3) is 0 Å². The minimum absolute atomic E-state index is 0.306. The molecule has 1 saturated heterocycles. The molecule has 1 aliphatic carbocycles. The van der Waals surface area contributed by atoms with Gasteiger partial charge in [-0.15, -0.1) is 0 Å². The van der Waals surface area contributed by atoms with Gasteiger partial charge in [0.25, 0.3) is 0 Å². The van der Waals surface area contributed by atoms with Crippen molar-refractivity contribution in [1.29, 1.82) is 0 Å². The zero-order valence-electron chi connectivity index (χ0n) is 13.1. The van der Waals surface area contributed by atoms with Crippen LogP contribution < -0.4 is 5.32 Å². The Hall–Kier alpha value is -0.650. The van der Waals surface area contributed by atoms with E-state index in [1.807, 2.05) is 6.92 Å². The Kier molecular flexibility index (Phi) is 5.04. The number of hydrogen-bond donors (Lipinski definition) is 2. The lowest BCUT2D eigenvalue weighted by Gasteiger charge is -2.37. The number of aliphatic carboxylic acids is 1. The zero-order chi connectivity index (χ0) is 14.8. The first-order chi connectivity index (χ1) is 9.49. The standard InChI is InChI=1S/C15H29N3O2/c1-4-16-15(14(19)20,12-7-8-12)11-18-9-5-6-13(18)10-17(2)3/h12-13,16H,4-11H2,1-3H3,(H,19,20). The molecular weight excluding hydrogens is 254 g/mol. The molecule has 1 saturated carbocycles. The summed E-state index contributed by atoms with van der Waals surface area (Å²) in [6.07, 6.45) is 4.46. The molecule has 116 valence electrons. The van der Waals surface area contributed by atoms with Crippen molar-refractivity contribution in [2.75, 3.05) is 40.3 Å². The van der Waals surface area contributed by atoms with Gasteiger partial charge >= 0.3 is 5.97 Å². The molecule has 1 aliphatic heterocycles. The SMILES string of the molecule is CCNC(CN1CCCC1CN(C)C)(C(=O)O)C1CC1. The highest BCUT2D eigenvalue weighted by Gasteiger charge is 2.52. The Morgan fingerprint density at radius 1 is 1.40 bits per heavy atom. The van der Waals surface area contributed by atoms with Crippen LogP contribution >= 0.6 is 0 Å². The lowest BCUT2D eigenvalue weighted by atomic mass is 9.91. The Labute approximate surface area is 122 Å². The van der Waals surface area contributed by atoms with Gasteiger partial charge in [-0.25, -0.2) is 0 Å². The summed E-state index contributed by atoms with van der Waals surface area (Å²) in [6.45, 7) is 5.42. The van der Waals surface area contributed by atoms with Crippen LogP contribution in [0.3, 0.4) is 0 Å². The fourth-order valence-electron chi connectivity index (χ4n) is 3.59. The van der Waals surface area contributed by atoms with Crippen molar-refractivity contribution in [3.8, 4) is 0 Å². The van der Waals surface area contributed by atoms with Crippen LogP contribution in [0.4, 0.5) is 0 Å². The monoisotopic (exact) mass is 283 g/mol. The number of carboxylic acid groups (broad SMARTS) is 1. The second kappa shape index (κ2) is 6.41. The van der Waals surface area contributed by atoms with E-state index in [-0.39, 0.29) is 0 Å². The summed E-state index contributed by atoms with van der Waals surface area (Å²) in [6, 6.07) is 0.501. The number of likely N-dealkylation sites (tertiary alicyclic amines) is 1. The lowest BCUT2D eigenvalue weighted by molar-refractivity contribution is -0.147. The molecule has 2 aliphatic rings. The van der Waals surface area contributed by atoms with Gasteiger partial charge in [-0.3, -0.25) is 9.69 Å². The molecule has 0 spiro atoms. The van der Waals surface area contributed by atoms with Crippen LogP contribution in [0.5, 0.6) is 0 Å². The van der Waals surface area contributed by atoms with Crippen LogP contribution in [-0.2, 0) is 4.79 Å². The Balaban J connectivity index is 2.08. The number of carbonyl (C=O) groups is 1. The van der Waals surface area contributed by atoms with E-state index in [1.165, 1.54) is 12.8 Å². The van der Waals surface area contributed by atoms with Gasteiger partial charge in [0, 0.05) is 19.1 Å². The highest BCUT2D eigenvalue weighted by atomic mass is 16.4. The van der Waals surface area contributed by atoms with Crippen molar-refractivity contribution in [1.82, 2.24) is 15.1 Å². The number of hydrogen-bond acceptors (Lipinski definition) is 4. The van der Waals surface area contributed by atoms with Crippen molar-refractivity contribution >= 4 is 5.97 Å². The molecule has 0 bridgehead atoms. The molecule has 5 nitrogen and oxygen atoms in total. The molecular formula is C15H29N3O2. The van der Waals surface area contributed by atoms with Gasteiger partial charge in [-0.05, 0) is 58.8 Å². The molecule has 0 aromatic rings. The number of carboxylic acids is 1. The van der Waals surface area contributed by atoms with Crippen LogP contribution in [0.1, 0.15) is 32.6 Å². The predicted molar refractivity (Wildman–Crippen MR) is 79.9 cm³/mol. The molecule has 0 aromatic heterocycles. The normalized spacial score (nSPS) is 26.9. The van der Waals surface area contributed by atoms with E-state index in [0.717, 1.165) is 32.5 Å². The lowest BCUT2D eigenvalue weighted by Crippen LogP contribution is -2.61. The van der Waals surface area contributed by atoms with Gasteiger partial charge in [-0.2, -0.15) is 0 Å². The van der Waals surface area contributed by atoms with E-state index < -0.39 is 11.5 Å². The average Bonchev–Trinajstić information content (AvgIpc) is 3.13. The molecule has 2 unspecified atom stereocenters. The first-order valence-electron chi connectivity index (χ1n) is 7.86. The van der Waals surface area contributed by atoms with Crippen molar-refractivity contribution < 1.29 is 9.90 Å². The maximum absolute atomic E-state index is 11.9. The van der Waals surface area contributed by atoms with Gasteiger partial charge in [0.2, 0.25) is 0 Å². The largest absolute Gasteiger partial charge is 0.480 e. The molecule has 2 N–H and O–H groups in total. The first-order valence-corrected chi connectivity index (χ1v) is 7.86. The van der Waals surface area contributed by atoms with E-state index in [4.69, 9.17) is 0 Å². The Morgan fingerprint density at radius 3 is 2.60 bits per heavy atom. The summed E-state index contributed by atoms with van der Waals surface area (Å²) >= 11 is 0. The van der Waals surface area contributed by atoms with E-state index in [9.17, 15) is 9.90 Å². The third-order valence-corrected chi connectivity index (χ3v) is 4.68. The van der Waals surface area contributed by atoms with Crippen LogP contribution in [-0.4, -0.2) is 72.7 Å². The van der Waals surface area contributed by atoms with Crippen LogP contribution in [0.15, 0.2) is 0 Å². The first kappa shape index (κ1) is 15.7. The maximum atomic E-state index is 11.9. The van der Waals surface area contributed by atoms with Crippen molar-refractivity contribution in [3.63, 3.8) is 0 Å². The van der Waals surface area contributed by atoms with Gasteiger partial charge in [-0.1, -0.05) is 6.92 Å². The molecule has 2 rings (SSSR count). The Bertz CT molecular complexity index is 344. The minimum atomic E-state index is -0.732. The van der Waals surface area contributed by atoms with E-state index in [1.54, 1.807) is 0 Å². The molecule has 20 heavy (non-hydrogen) atoms. The average molecular weight is 283 g/mol. The molecule has 1 heterocycles. The van der Waals surface area contributed by atoms with Gasteiger partial charge in [0.1, 0.15) is 5.54 Å². The topological polar surface area (TPSA) is 55.8 Å². The number of likely N-dealkylation sites (N-methyl/N-ethyl adjacent to an activating group) is 2. The van der Waals surface area contributed by atoms with Crippen molar-refractivity contribution in [2.24, 2.45) is 5.92 Å². The molecule has 2 fully saturated rings. The van der Waals surface area contributed by atoms with Crippen molar-refractivity contribution in [3.05, 3.63) is 0 Å². The number of nitrogens with one attached hydrogen (secondary N) is 1. The Morgan fingerprint density at radius 2 is 2.10 bits per heavy atom. The minimum Gasteiger partial charge on any atom is -0.480 e. The highest BCUT2D eigenvalue weighted by molar-refractivity contribution is 5.80. The van der Waals surface area contributed by atoms with E-state index >= 15 is 0 Å². The quantitative estimate of drug-likeness (QED) is 0.692. The molecule has 0 radical (unpaired) electrons. The number of rotatable bonds is 8. The fraction of sp³-hybridized carbons (Fsp3) is 0.933. The zero-order valence-corrected chi connectivity index (χ0v) is 13.1. The van der Waals surface area contributed by atoms with E-state index in [2.05, 4.69) is 29.2 Å². The summed E-state index contributed by atoms with van der Waals surface area (Å²) < 4.78 is 0. The smallest absolute Gasteiger partial charge is 0.325 e. The van der Waals surface area contributed by atoms with Gasteiger partial charge < -0.3 is 15.3 Å². The predicted octanol–water partition coefficient (Wildman–Crippen LogP) is 0.855. The highest BCUT2D eigenvalue weighted by Crippen LogP contribution is 2.41. The molecule has 2 atom stereocenters. The number of nitrogens with zero attached hydrogens (tertiary/aromatic N) is 2. The second-order valence-electron chi connectivity index (χ2n) is 6.61. The van der Waals surface area contributed by atoms with Crippen molar-refractivity contribution in [2.45, 2.75) is 44.2 Å².